The van der Waals surface area contributed by atoms with Gasteiger partial charge in [0.2, 0.25) is 0 Å². The van der Waals surface area contributed by atoms with Crippen LogP contribution in [0.4, 0.5) is 4.79 Å². The van der Waals surface area contributed by atoms with Crippen LogP contribution in [0.5, 0.6) is 5.75 Å². The number of nitrogens with one attached hydrogen (secondary N) is 1. The van der Waals surface area contributed by atoms with Crippen LogP contribution < -0.4 is 15.7 Å². The number of carbonyl (C=O) groups excluding carboxylic acids is 2. The molecule has 1 aromatic carbocycles. The van der Waals surface area contributed by atoms with E-state index in [2.05, 4.69) is 5.32 Å². The van der Waals surface area contributed by atoms with Gasteiger partial charge in [0.1, 0.15) is 23.0 Å². The highest BCUT2D eigenvalue weighted by molar-refractivity contribution is 5.85. The molecule has 0 radical (unpaired) electrons. The van der Waals surface area contributed by atoms with E-state index < -0.39 is 29.3 Å². The highest BCUT2D eigenvalue weighted by Gasteiger charge is 2.25. The molecule has 0 bridgehead atoms. The van der Waals surface area contributed by atoms with E-state index in [9.17, 15) is 14.4 Å². The number of hydrogen-bond donors (Lipinski definition) is 1. The maximum Gasteiger partial charge on any atom is 0.408 e. The lowest BCUT2D eigenvalue weighted by Gasteiger charge is -2.22. The van der Waals surface area contributed by atoms with Gasteiger partial charge < -0.3 is 19.2 Å². The molecule has 0 aliphatic carbocycles. The maximum absolute atomic E-state index is 12.5. The number of amides is 1. The van der Waals surface area contributed by atoms with Crippen LogP contribution in [0.25, 0.3) is 11.0 Å². The van der Waals surface area contributed by atoms with Crippen molar-refractivity contribution < 1.29 is 23.5 Å². The molecule has 2 aromatic rings. The Morgan fingerprint density at radius 3 is 2.50 bits per heavy atom. The molecule has 152 valence electrons. The molecule has 28 heavy (non-hydrogen) atoms. The number of aryl methyl sites for hydroxylation is 1. The monoisotopic (exact) mass is 389 g/mol. The van der Waals surface area contributed by atoms with Gasteiger partial charge in [-0.15, -0.1) is 0 Å². The van der Waals surface area contributed by atoms with E-state index in [4.69, 9.17) is 13.9 Å². The van der Waals surface area contributed by atoms with Gasteiger partial charge in [0, 0.05) is 17.5 Å². The zero-order valence-electron chi connectivity index (χ0n) is 17.0. The second-order valence-corrected chi connectivity index (χ2v) is 7.51. The summed E-state index contributed by atoms with van der Waals surface area (Å²) in [7, 11) is 0. The average molecular weight is 389 g/mol. The van der Waals surface area contributed by atoms with Crippen LogP contribution in [0.1, 0.15) is 53.0 Å². The minimum absolute atomic E-state index is 0.237. The number of rotatable bonds is 6. The van der Waals surface area contributed by atoms with Gasteiger partial charge in [0.25, 0.3) is 0 Å². The second kappa shape index (κ2) is 8.91. The Bertz CT molecular complexity index is 909. The Kier molecular flexibility index (Phi) is 6.83. The van der Waals surface area contributed by atoms with Crippen molar-refractivity contribution in [2.75, 3.05) is 0 Å². The number of esters is 1. The number of ether oxygens (including phenoxy) is 2. The van der Waals surface area contributed by atoms with Crippen LogP contribution in [0, 0.1) is 0 Å². The lowest BCUT2D eigenvalue weighted by atomic mass is 10.1. The smallest absolute Gasteiger partial charge is 0.408 e. The first-order valence-electron chi connectivity index (χ1n) is 9.41. The molecule has 0 fully saturated rings. The van der Waals surface area contributed by atoms with E-state index in [1.54, 1.807) is 32.9 Å². The van der Waals surface area contributed by atoms with E-state index in [1.165, 1.54) is 12.1 Å². The first kappa shape index (κ1) is 21.5. The fourth-order valence-electron chi connectivity index (χ4n) is 2.74. The van der Waals surface area contributed by atoms with E-state index >= 15 is 0 Å². The van der Waals surface area contributed by atoms with Crippen molar-refractivity contribution in [2.45, 2.75) is 65.5 Å². The summed E-state index contributed by atoms with van der Waals surface area (Å²) < 4.78 is 15.8. The summed E-state index contributed by atoms with van der Waals surface area (Å²) in [5, 5.41) is 3.34. The number of hydrogen-bond acceptors (Lipinski definition) is 6. The number of alkyl carbamates (subject to hydrolysis) is 1. The van der Waals surface area contributed by atoms with Crippen LogP contribution in [-0.4, -0.2) is 23.7 Å². The zero-order valence-corrected chi connectivity index (χ0v) is 17.0. The molecule has 0 saturated heterocycles. The van der Waals surface area contributed by atoms with Gasteiger partial charge in [-0.25, -0.2) is 14.4 Å². The summed E-state index contributed by atoms with van der Waals surface area (Å²) in [5.74, 6) is -0.373. The van der Waals surface area contributed by atoms with Gasteiger partial charge >= 0.3 is 17.7 Å². The molecular weight excluding hydrogens is 362 g/mol. The third-order valence-corrected chi connectivity index (χ3v) is 3.95. The van der Waals surface area contributed by atoms with Crippen LogP contribution in [0.15, 0.2) is 33.5 Å². The van der Waals surface area contributed by atoms with E-state index in [1.807, 2.05) is 13.8 Å². The SMILES string of the molecule is CCCC(NC(=O)OC(C)(C)C)C(=O)Oc1ccc2c(CC)cc(=O)oc2c1. The van der Waals surface area contributed by atoms with Crippen molar-refractivity contribution in [3.63, 3.8) is 0 Å². The molecule has 2 rings (SSSR count). The maximum atomic E-state index is 12.5. The summed E-state index contributed by atoms with van der Waals surface area (Å²) in [6.45, 7) is 9.07. The van der Waals surface area contributed by atoms with Crippen molar-refractivity contribution in [1.82, 2.24) is 5.32 Å². The number of carbonyl (C=O) groups is 2. The van der Waals surface area contributed by atoms with Gasteiger partial charge in [0.15, 0.2) is 0 Å². The van der Waals surface area contributed by atoms with Crippen molar-refractivity contribution in [3.8, 4) is 5.75 Å². The number of benzene rings is 1. The van der Waals surface area contributed by atoms with Crippen molar-refractivity contribution in [2.24, 2.45) is 0 Å². The van der Waals surface area contributed by atoms with Gasteiger partial charge in [-0.3, -0.25) is 0 Å². The highest BCUT2D eigenvalue weighted by Crippen LogP contribution is 2.23. The minimum atomic E-state index is -0.843. The van der Waals surface area contributed by atoms with Crippen LogP contribution >= 0.6 is 0 Å². The summed E-state index contributed by atoms with van der Waals surface area (Å²) >= 11 is 0. The zero-order chi connectivity index (χ0) is 20.9. The Labute approximate surface area is 164 Å². The standard InChI is InChI=1S/C21H27NO6/c1-6-8-16(22-20(25)28-21(3,4)5)19(24)26-14-9-10-15-13(7-2)11-18(23)27-17(15)12-14/h9-12,16H,6-8H2,1-5H3,(H,22,25). The third-order valence-electron chi connectivity index (χ3n) is 3.95. The van der Waals surface area contributed by atoms with Crippen molar-refractivity contribution >= 4 is 23.0 Å². The average Bonchev–Trinajstić information content (AvgIpc) is 2.58. The van der Waals surface area contributed by atoms with Gasteiger partial charge in [-0.1, -0.05) is 20.3 Å². The van der Waals surface area contributed by atoms with Crippen molar-refractivity contribution in [3.05, 3.63) is 40.2 Å². The van der Waals surface area contributed by atoms with Crippen LogP contribution in [0.3, 0.4) is 0 Å². The van der Waals surface area contributed by atoms with Gasteiger partial charge in [-0.05, 0) is 51.3 Å². The third kappa shape index (κ3) is 5.84. The van der Waals surface area contributed by atoms with E-state index in [0.717, 1.165) is 10.9 Å². The molecule has 1 heterocycles. The second-order valence-electron chi connectivity index (χ2n) is 7.51. The largest absolute Gasteiger partial charge is 0.444 e. The fraction of sp³-hybridized carbons (Fsp3) is 0.476. The Hall–Kier alpha value is -2.83. The normalized spacial score (nSPS) is 12.5. The molecule has 7 nitrogen and oxygen atoms in total. The molecule has 1 atom stereocenters. The molecule has 1 N–H and O–H groups in total. The van der Waals surface area contributed by atoms with Gasteiger partial charge in [-0.2, -0.15) is 0 Å². The summed E-state index contributed by atoms with van der Waals surface area (Å²) in [5.41, 5.74) is 0.0853. The molecular formula is C21H27NO6. The van der Waals surface area contributed by atoms with E-state index in [0.29, 0.717) is 24.8 Å². The molecule has 0 saturated carbocycles. The first-order valence-corrected chi connectivity index (χ1v) is 9.41. The molecule has 0 aliphatic heterocycles. The Balaban J connectivity index is 2.18. The predicted molar refractivity (Wildman–Crippen MR) is 106 cm³/mol. The fourth-order valence-corrected chi connectivity index (χ4v) is 2.74. The lowest BCUT2D eigenvalue weighted by molar-refractivity contribution is -0.137. The molecule has 0 aliphatic rings. The molecule has 0 spiro atoms. The molecule has 1 aromatic heterocycles. The molecule has 1 unspecified atom stereocenters. The lowest BCUT2D eigenvalue weighted by Crippen LogP contribution is -2.45. The summed E-state index contributed by atoms with van der Waals surface area (Å²) in [4.78, 5) is 36.2. The predicted octanol–water partition coefficient (Wildman–Crippen LogP) is 3.95. The summed E-state index contributed by atoms with van der Waals surface area (Å²) in [6, 6.07) is 5.50. The number of fused-ring (bicyclic) bond motifs is 1. The van der Waals surface area contributed by atoms with Crippen LogP contribution in [0.2, 0.25) is 0 Å². The Morgan fingerprint density at radius 2 is 1.89 bits per heavy atom. The molecule has 1 amide bonds. The summed E-state index contributed by atoms with van der Waals surface area (Å²) in [6.07, 6.45) is 1.07. The highest BCUT2D eigenvalue weighted by atomic mass is 16.6. The first-order chi connectivity index (χ1) is 13.1. The molecule has 7 heteroatoms. The van der Waals surface area contributed by atoms with Gasteiger partial charge in [0.05, 0.1) is 0 Å². The minimum Gasteiger partial charge on any atom is -0.444 e. The van der Waals surface area contributed by atoms with Crippen molar-refractivity contribution in [1.29, 1.82) is 0 Å². The Morgan fingerprint density at radius 1 is 1.18 bits per heavy atom. The quantitative estimate of drug-likeness (QED) is 0.457. The topological polar surface area (TPSA) is 94.8 Å². The van der Waals surface area contributed by atoms with E-state index in [-0.39, 0.29) is 5.75 Å². The van der Waals surface area contributed by atoms with Crippen LogP contribution in [-0.2, 0) is 16.0 Å².